The Morgan fingerprint density at radius 3 is 2.67 bits per heavy atom. The van der Waals surface area contributed by atoms with E-state index in [-0.39, 0.29) is 4.90 Å². The topological polar surface area (TPSA) is 58.2 Å². The summed E-state index contributed by atoms with van der Waals surface area (Å²) in [5.74, 6) is 0. The average Bonchev–Trinajstić information content (AvgIpc) is 2.75. The number of anilines is 1. The van der Waals surface area contributed by atoms with Crippen molar-refractivity contribution in [2.75, 3.05) is 11.8 Å². The maximum absolute atomic E-state index is 12.5. The lowest BCUT2D eigenvalue weighted by Gasteiger charge is -2.09. The van der Waals surface area contributed by atoms with Crippen molar-refractivity contribution in [1.82, 2.24) is 5.32 Å². The van der Waals surface area contributed by atoms with Crippen molar-refractivity contribution in [3.63, 3.8) is 0 Å². The fourth-order valence-corrected chi connectivity index (χ4v) is 5.33. The Bertz CT molecular complexity index is 760. The summed E-state index contributed by atoms with van der Waals surface area (Å²) in [5, 5.41) is 3.35. The predicted molar refractivity (Wildman–Crippen MR) is 91.8 cm³/mol. The molecule has 0 atom stereocenters. The highest BCUT2D eigenvalue weighted by Gasteiger charge is 2.21. The third kappa shape index (κ3) is 3.98. The maximum Gasteiger partial charge on any atom is 0.263 e. The molecule has 2 aromatic rings. The van der Waals surface area contributed by atoms with Crippen LogP contribution in [0.2, 0.25) is 5.02 Å². The maximum atomic E-state index is 12.5. The van der Waals surface area contributed by atoms with Crippen LogP contribution in [0, 0.1) is 6.92 Å². The normalized spacial score (nSPS) is 11.6. The molecule has 0 aliphatic carbocycles. The number of benzene rings is 1. The minimum absolute atomic E-state index is 0.289. The largest absolute Gasteiger partial charge is 0.315 e. The number of halogens is 2. The highest BCUT2D eigenvalue weighted by atomic mass is 79.9. The van der Waals surface area contributed by atoms with Crippen molar-refractivity contribution in [1.29, 1.82) is 0 Å². The molecule has 0 aliphatic rings. The first-order valence-corrected chi connectivity index (χ1v) is 9.52. The first-order valence-electron chi connectivity index (χ1n) is 6.05. The molecule has 0 unspecified atom stereocenters. The van der Waals surface area contributed by atoms with Crippen LogP contribution in [0.3, 0.4) is 0 Å². The van der Waals surface area contributed by atoms with E-state index in [2.05, 4.69) is 26.0 Å². The Labute approximate surface area is 141 Å². The molecule has 2 rings (SSSR count). The summed E-state index contributed by atoms with van der Waals surface area (Å²) in [7, 11) is -1.82. The third-order valence-corrected chi connectivity index (χ3v) is 6.22. The van der Waals surface area contributed by atoms with Gasteiger partial charge in [-0.15, -0.1) is 11.3 Å². The van der Waals surface area contributed by atoms with Crippen LogP contribution < -0.4 is 10.0 Å². The van der Waals surface area contributed by atoms with Gasteiger partial charge in [-0.2, -0.15) is 0 Å². The zero-order valence-electron chi connectivity index (χ0n) is 11.4. The van der Waals surface area contributed by atoms with Gasteiger partial charge in [0.1, 0.15) is 4.90 Å². The lowest BCUT2D eigenvalue weighted by atomic mass is 10.3. The number of rotatable bonds is 5. The first kappa shape index (κ1) is 16.8. The SMILES string of the molecule is CNCc1cc(S(=O)(=O)Nc2ccc(Br)cc2Cl)c(C)s1. The van der Waals surface area contributed by atoms with E-state index in [1.54, 1.807) is 31.2 Å². The van der Waals surface area contributed by atoms with Crippen LogP contribution in [-0.4, -0.2) is 15.5 Å². The Kier molecular flexibility index (Phi) is 5.32. The third-order valence-electron chi connectivity index (χ3n) is 2.74. The molecule has 1 aromatic heterocycles. The van der Waals surface area contributed by atoms with E-state index in [0.29, 0.717) is 17.3 Å². The molecule has 114 valence electrons. The van der Waals surface area contributed by atoms with Gasteiger partial charge in [-0.25, -0.2) is 8.42 Å². The van der Waals surface area contributed by atoms with Crippen molar-refractivity contribution < 1.29 is 8.42 Å². The quantitative estimate of drug-likeness (QED) is 0.785. The zero-order valence-corrected chi connectivity index (χ0v) is 15.4. The van der Waals surface area contributed by atoms with Crippen molar-refractivity contribution in [2.24, 2.45) is 0 Å². The van der Waals surface area contributed by atoms with Crippen LogP contribution in [0.25, 0.3) is 0 Å². The molecule has 4 nitrogen and oxygen atoms in total. The fourth-order valence-electron chi connectivity index (χ4n) is 1.82. The summed E-state index contributed by atoms with van der Waals surface area (Å²) in [6.45, 7) is 2.43. The Hall–Kier alpha value is -0.600. The minimum Gasteiger partial charge on any atom is -0.315 e. The number of hydrogen-bond acceptors (Lipinski definition) is 4. The molecular formula is C13H14BrClN2O2S2. The Morgan fingerprint density at radius 1 is 1.33 bits per heavy atom. The molecule has 21 heavy (non-hydrogen) atoms. The summed E-state index contributed by atoms with van der Waals surface area (Å²) in [6.07, 6.45) is 0. The van der Waals surface area contributed by atoms with Gasteiger partial charge in [0, 0.05) is 20.8 Å². The number of thiophene rings is 1. The van der Waals surface area contributed by atoms with Gasteiger partial charge >= 0.3 is 0 Å². The molecule has 1 heterocycles. The average molecular weight is 410 g/mol. The van der Waals surface area contributed by atoms with Gasteiger partial charge in [-0.1, -0.05) is 27.5 Å². The molecular weight excluding hydrogens is 396 g/mol. The van der Waals surface area contributed by atoms with Crippen LogP contribution in [-0.2, 0) is 16.6 Å². The number of aryl methyl sites for hydroxylation is 1. The number of nitrogens with one attached hydrogen (secondary N) is 2. The molecule has 0 radical (unpaired) electrons. The van der Waals surface area contributed by atoms with E-state index in [0.717, 1.165) is 14.2 Å². The first-order chi connectivity index (χ1) is 9.83. The molecule has 1 aromatic carbocycles. The zero-order chi connectivity index (χ0) is 15.6. The molecule has 0 spiro atoms. The van der Waals surface area contributed by atoms with Gasteiger partial charge < -0.3 is 5.32 Å². The summed E-state index contributed by atoms with van der Waals surface area (Å²) in [5.41, 5.74) is 0.362. The molecule has 8 heteroatoms. The van der Waals surface area contributed by atoms with E-state index in [1.165, 1.54) is 11.3 Å². The minimum atomic E-state index is -3.64. The van der Waals surface area contributed by atoms with Crippen LogP contribution in [0.4, 0.5) is 5.69 Å². The standard InChI is InChI=1S/C13H14BrClN2O2S2/c1-8-13(6-10(20-8)7-16-2)21(18,19)17-12-4-3-9(14)5-11(12)15/h3-6,16-17H,7H2,1-2H3. The van der Waals surface area contributed by atoms with Gasteiger partial charge in [-0.05, 0) is 38.2 Å². The van der Waals surface area contributed by atoms with Gasteiger partial charge in [0.2, 0.25) is 0 Å². The van der Waals surface area contributed by atoms with Gasteiger partial charge in [0.25, 0.3) is 10.0 Å². The molecule has 0 saturated carbocycles. The molecule has 2 N–H and O–H groups in total. The summed E-state index contributed by atoms with van der Waals surface area (Å²) >= 11 is 10.8. The predicted octanol–water partition coefficient (Wildman–Crippen LogP) is 3.99. The van der Waals surface area contributed by atoms with Crippen LogP contribution in [0.1, 0.15) is 9.75 Å². The molecule has 0 bridgehead atoms. The van der Waals surface area contributed by atoms with Crippen molar-refractivity contribution in [3.05, 3.63) is 43.5 Å². The van der Waals surface area contributed by atoms with Crippen LogP contribution in [0.15, 0.2) is 33.6 Å². The lowest BCUT2D eigenvalue weighted by Crippen LogP contribution is -2.13. The highest BCUT2D eigenvalue weighted by molar-refractivity contribution is 9.10. The van der Waals surface area contributed by atoms with E-state index < -0.39 is 10.0 Å². The smallest absolute Gasteiger partial charge is 0.263 e. The molecule has 0 saturated heterocycles. The Morgan fingerprint density at radius 2 is 2.05 bits per heavy atom. The van der Waals surface area contributed by atoms with Crippen LogP contribution >= 0.6 is 38.9 Å². The highest BCUT2D eigenvalue weighted by Crippen LogP contribution is 2.31. The second-order valence-corrected chi connectivity index (χ2v) is 8.71. The second kappa shape index (κ2) is 6.66. The van der Waals surface area contributed by atoms with E-state index in [4.69, 9.17) is 11.6 Å². The van der Waals surface area contributed by atoms with Crippen molar-refractivity contribution in [3.8, 4) is 0 Å². The van der Waals surface area contributed by atoms with Gasteiger partial charge in [-0.3, -0.25) is 4.72 Å². The monoisotopic (exact) mass is 408 g/mol. The van der Waals surface area contributed by atoms with Crippen LogP contribution in [0.5, 0.6) is 0 Å². The molecule has 0 aliphatic heterocycles. The van der Waals surface area contributed by atoms with Crippen molar-refractivity contribution in [2.45, 2.75) is 18.4 Å². The Balaban J connectivity index is 2.34. The second-order valence-electron chi connectivity index (χ2n) is 4.39. The molecule has 0 fully saturated rings. The number of hydrogen-bond donors (Lipinski definition) is 2. The fraction of sp³-hybridized carbons (Fsp3) is 0.231. The summed E-state index contributed by atoms with van der Waals surface area (Å²) < 4.78 is 28.3. The van der Waals surface area contributed by atoms with E-state index in [1.807, 2.05) is 7.05 Å². The number of sulfonamides is 1. The van der Waals surface area contributed by atoms with Gasteiger partial charge in [0.15, 0.2) is 0 Å². The lowest BCUT2D eigenvalue weighted by molar-refractivity contribution is 0.601. The summed E-state index contributed by atoms with van der Waals surface area (Å²) in [4.78, 5) is 2.01. The van der Waals surface area contributed by atoms with Gasteiger partial charge in [0.05, 0.1) is 10.7 Å². The molecule has 0 amide bonds. The van der Waals surface area contributed by atoms with Crippen molar-refractivity contribution >= 4 is 54.6 Å². The summed E-state index contributed by atoms with van der Waals surface area (Å²) in [6, 6.07) is 6.69. The van der Waals surface area contributed by atoms with E-state index >= 15 is 0 Å². The van der Waals surface area contributed by atoms with E-state index in [9.17, 15) is 8.42 Å².